The first-order valence-corrected chi connectivity index (χ1v) is 7.43. The third-order valence-electron chi connectivity index (χ3n) is 5.08. The number of methoxy groups -OCH3 is 1. The van der Waals surface area contributed by atoms with Gasteiger partial charge in [0.15, 0.2) is 5.78 Å². The minimum Gasteiger partial charge on any atom is -0.497 e. The normalized spacial score (nSPS) is 24.9. The number of carbonyl (C=O) groups excluding carboxylic acids is 1. The van der Waals surface area contributed by atoms with Crippen LogP contribution in [0.15, 0.2) is 29.3 Å². The lowest BCUT2D eigenvalue weighted by Crippen LogP contribution is -2.33. The van der Waals surface area contributed by atoms with E-state index >= 15 is 0 Å². The highest BCUT2D eigenvalue weighted by atomic mass is 16.5. The molecule has 2 aliphatic carbocycles. The summed E-state index contributed by atoms with van der Waals surface area (Å²) in [6.07, 6.45) is 5.08. The van der Waals surface area contributed by atoms with Crippen molar-refractivity contribution in [3.05, 3.63) is 40.5 Å². The van der Waals surface area contributed by atoms with Crippen molar-refractivity contribution in [3.8, 4) is 5.75 Å². The third kappa shape index (κ3) is 1.98. The lowest BCUT2D eigenvalue weighted by Gasteiger charge is -2.33. The SMILES string of the molecule is COc1ccc2c(c1)CCC1(CCC(=C(C)C)C1)C2=O. The third-order valence-corrected chi connectivity index (χ3v) is 5.08. The molecule has 1 aromatic rings. The number of benzene rings is 1. The van der Waals surface area contributed by atoms with Crippen LogP contribution in [0.25, 0.3) is 0 Å². The van der Waals surface area contributed by atoms with E-state index in [1.807, 2.05) is 18.2 Å². The average molecular weight is 270 g/mol. The van der Waals surface area contributed by atoms with Gasteiger partial charge in [-0.15, -0.1) is 0 Å². The molecule has 20 heavy (non-hydrogen) atoms. The van der Waals surface area contributed by atoms with E-state index in [0.717, 1.165) is 49.0 Å². The molecule has 2 aliphatic rings. The average Bonchev–Trinajstić information content (AvgIpc) is 2.89. The molecule has 1 fully saturated rings. The van der Waals surface area contributed by atoms with Gasteiger partial charge in [0.05, 0.1) is 7.11 Å². The van der Waals surface area contributed by atoms with Crippen LogP contribution in [0.2, 0.25) is 0 Å². The molecule has 3 rings (SSSR count). The minimum atomic E-state index is -0.117. The largest absolute Gasteiger partial charge is 0.497 e. The highest BCUT2D eigenvalue weighted by molar-refractivity contribution is 6.03. The van der Waals surface area contributed by atoms with E-state index in [-0.39, 0.29) is 5.41 Å². The molecule has 0 radical (unpaired) electrons. The van der Waals surface area contributed by atoms with Gasteiger partial charge in [-0.05, 0) is 69.7 Å². The summed E-state index contributed by atoms with van der Waals surface area (Å²) in [5, 5.41) is 0. The van der Waals surface area contributed by atoms with Crippen LogP contribution in [-0.4, -0.2) is 12.9 Å². The molecule has 0 aromatic heterocycles. The Bertz CT molecular complexity index is 593. The highest BCUT2D eigenvalue weighted by Crippen LogP contribution is 2.50. The van der Waals surface area contributed by atoms with Crippen molar-refractivity contribution in [3.63, 3.8) is 0 Å². The fourth-order valence-electron chi connectivity index (χ4n) is 3.71. The van der Waals surface area contributed by atoms with Crippen LogP contribution in [0, 0.1) is 5.41 Å². The molecular weight excluding hydrogens is 248 g/mol. The molecule has 1 saturated carbocycles. The van der Waals surface area contributed by atoms with E-state index in [2.05, 4.69) is 13.8 Å². The Morgan fingerprint density at radius 1 is 1.20 bits per heavy atom. The summed E-state index contributed by atoms with van der Waals surface area (Å²) in [5.41, 5.74) is 4.86. The van der Waals surface area contributed by atoms with Crippen LogP contribution in [0.5, 0.6) is 5.75 Å². The summed E-state index contributed by atoms with van der Waals surface area (Å²) in [5.74, 6) is 1.21. The van der Waals surface area contributed by atoms with Crippen molar-refractivity contribution >= 4 is 5.78 Å². The maximum Gasteiger partial charge on any atom is 0.169 e. The molecule has 0 bridgehead atoms. The summed E-state index contributed by atoms with van der Waals surface area (Å²) in [6.45, 7) is 4.33. The first kappa shape index (κ1) is 13.4. The molecule has 0 heterocycles. The highest BCUT2D eigenvalue weighted by Gasteiger charge is 2.46. The lowest BCUT2D eigenvalue weighted by molar-refractivity contribution is 0.0770. The van der Waals surface area contributed by atoms with Crippen LogP contribution in [-0.2, 0) is 6.42 Å². The summed E-state index contributed by atoms with van der Waals surface area (Å²) in [7, 11) is 1.67. The first-order valence-electron chi connectivity index (χ1n) is 7.43. The Kier molecular flexibility index (Phi) is 3.19. The zero-order chi connectivity index (χ0) is 14.3. The van der Waals surface area contributed by atoms with Crippen molar-refractivity contribution in [2.24, 2.45) is 5.41 Å². The number of hydrogen-bond acceptors (Lipinski definition) is 2. The van der Waals surface area contributed by atoms with E-state index in [1.165, 1.54) is 11.1 Å². The second-order valence-corrected chi connectivity index (χ2v) is 6.41. The maximum atomic E-state index is 12.9. The van der Waals surface area contributed by atoms with Crippen molar-refractivity contribution in [1.82, 2.24) is 0 Å². The molecule has 1 atom stereocenters. The number of rotatable bonds is 1. The van der Waals surface area contributed by atoms with E-state index in [9.17, 15) is 4.79 Å². The molecule has 0 N–H and O–H groups in total. The number of ether oxygens (including phenoxy) is 1. The number of hydrogen-bond donors (Lipinski definition) is 0. The molecule has 0 amide bonds. The maximum absolute atomic E-state index is 12.9. The van der Waals surface area contributed by atoms with Crippen LogP contribution in [0.4, 0.5) is 0 Å². The number of ketones is 1. The van der Waals surface area contributed by atoms with Gasteiger partial charge < -0.3 is 4.74 Å². The molecular formula is C18H22O2. The van der Waals surface area contributed by atoms with Crippen LogP contribution >= 0.6 is 0 Å². The van der Waals surface area contributed by atoms with Gasteiger partial charge in [-0.2, -0.15) is 0 Å². The Hall–Kier alpha value is -1.57. The van der Waals surface area contributed by atoms with Crippen molar-refractivity contribution < 1.29 is 9.53 Å². The fourth-order valence-corrected chi connectivity index (χ4v) is 3.71. The Balaban J connectivity index is 1.96. The number of carbonyl (C=O) groups is 1. The molecule has 106 valence electrons. The molecule has 1 spiro atoms. The Morgan fingerprint density at radius 3 is 2.60 bits per heavy atom. The number of Topliss-reactive ketones (excluding diaryl/α,β-unsaturated/α-hetero) is 1. The topological polar surface area (TPSA) is 26.3 Å². The van der Waals surface area contributed by atoms with Crippen molar-refractivity contribution in [2.75, 3.05) is 7.11 Å². The molecule has 1 aromatic carbocycles. The standard InChI is InChI=1S/C18H22O2/c1-12(2)14-7-9-18(11-14)8-6-13-10-15(20-3)4-5-16(13)17(18)19/h4-5,10H,6-9,11H2,1-3H3. The van der Waals surface area contributed by atoms with E-state index in [0.29, 0.717) is 5.78 Å². The van der Waals surface area contributed by atoms with Gasteiger partial charge >= 0.3 is 0 Å². The summed E-state index contributed by atoms with van der Waals surface area (Å²) in [4.78, 5) is 12.9. The van der Waals surface area contributed by atoms with E-state index in [1.54, 1.807) is 7.11 Å². The molecule has 0 aliphatic heterocycles. The van der Waals surface area contributed by atoms with Crippen LogP contribution in [0.1, 0.15) is 55.5 Å². The van der Waals surface area contributed by atoms with Gasteiger partial charge in [0, 0.05) is 11.0 Å². The minimum absolute atomic E-state index is 0.117. The fraction of sp³-hybridized carbons (Fsp3) is 0.500. The summed E-state index contributed by atoms with van der Waals surface area (Å²) in [6, 6.07) is 5.89. The van der Waals surface area contributed by atoms with Crippen LogP contribution < -0.4 is 4.74 Å². The number of allylic oxidation sites excluding steroid dienone is 2. The van der Waals surface area contributed by atoms with Gasteiger partial charge in [0.25, 0.3) is 0 Å². The monoisotopic (exact) mass is 270 g/mol. The summed E-state index contributed by atoms with van der Waals surface area (Å²) >= 11 is 0. The number of fused-ring (bicyclic) bond motifs is 1. The van der Waals surface area contributed by atoms with E-state index < -0.39 is 0 Å². The Labute approximate surface area is 120 Å². The van der Waals surface area contributed by atoms with Crippen molar-refractivity contribution in [2.45, 2.75) is 46.0 Å². The summed E-state index contributed by atoms with van der Waals surface area (Å²) < 4.78 is 5.26. The molecule has 2 heteroatoms. The zero-order valence-corrected chi connectivity index (χ0v) is 12.6. The van der Waals surface area contributed by atoms with Gasteiger partial charge in [-0.3, -0.25) is 4.79 Å². The van der Waals surface area contributed by atoms with Crippen LogP contribution in [0.3, 0.4) is 0 Å². The lowest BCUT2D eigenvalue weighted by atomic mass is 9.69. The zero-order valence-electron chi connectivity index (χ0n) is 12.6. The first-order chi connectivity index (χ1) is 9.55. The second-order valence-electron chi connectivity index (χ2n) is 6.41. The molecule has 2 nitrogen and oxygen atoms in total. The van der Waals surface area contributed by atoms with Gasteiger partial charge in [-0.1, -0.05) is 11.1 Å². The molecule has 1 unspecified atom stereocenters. The number of aryl methyl sites for hydroxylation is 1. The quantitative estimate of drug-likeness (QED) is 0.710. The Morgan fingerprint density at radius 2 is 1.95 bits per heavy atom. The van der Waals surface area contributed by atoms with Gasteiger partial charge in [0.2, 0.25) is 0 Å². The second kappa shape index (κ2) is 4.76. The molecule has 0 saturated heterocycles. The predicted molar refractivity (Wildman–Crippen MR) is 80.3 cm³/mol. The van der Waals surface area contributed by atoms with Gasteiger partial charge in [-0.25, -0.2) is 0 Å². The van der Waals surface area contributed by atoms with Gasteiger partial charge in [0.1, 0.15) is 5.75 Å². The predicted octanol–water partition coefficient (Wildman–Crippen LogP) is 4.33. The smallest absolute Gasteiger partial charge is 0.169 e. The van der Waals surface area contributed by atoms with Crippen molar-refractivity contribution in [1.29, 1.82) is 0 Å². The van der Waals surface area contributed by atoms with E-state index in [4.69, 9.17) is 4.74 Å².